The number of rotatable bonds is 3. The molecule has 1 unspecified atom stereocenters. The Labute approximate surface area is 118 Å². The van der Waals surface area contributed by atoms with Gasteiger partial charge in [0, 0.05) is 17.5 Å². The van der Waals surface area contributed by atoms with Crippen LogP contribution in [-0.2, 0) is 4.79 Å². The number of nitrogens with zero attached hydrogens (tertiary/aromatic N) is 1. The van der Waals surface area contributed by atoms with Gasteiger partial charge in [0.1, 0.15) is 5.82 Å². The number of carboxylic acid groups (broad SMARTS) is 1. The highest BCUT2D eigenvalue weighted by molar-refractivity contribution is 5.69. The second kappa shape index (κ2) is 4.85. The van der Waals surface area contributed by atoms with E-state index in [-0.39, 0.29) is 23.7 Å². The van der Waals surface area contributed by atoms with Gasteiger partial charge in [-0.3, -0.25) is 9.69 Å². The van der Waals surface area contributed by atoms with E-state index in [2.05, 4.69) is 4.90 Å². The van der Waals surface area contributed by atoms with Gasteiger partial charge in [-0.15, -0.1) is 0 Å². The quantitative estimate of drug-likeness (QED) is 0.923. The van der Waals surface area contributed by atoms with Crippen molar-refractivity contribution in [2.24, 2.45) is 0 Å². The Morgan fingerprint density at radius 1 is 1.45 bits per heavy atom. The van der Waals surface area contributed by atoms with Crippen molar-refractivity contribution in [3.8, 4) is 0 Å². The van der Waals surface area contributed by atoms with E-state index >= 15 is 0 Å². The molecule has 2 bridgehead atoms. The highest BCUT2D eigenvalue weighted by atomic mass is 19.1. The summed E-state index contributed by atoms with van der Waals surface area (Å²) >= 11 is 0. The second-order valence-corrected chi connectivity index (χ2v) is 6.16. The molecule has 2 saturated heterocycles. The van der Waals surface area contributed by atoms with Crippen LogP contribution in [0.2, 0.25) is 0 Å². The van der Waals surface area contributed by atoms with Gasteiger partial charge < -0.3 is 5.11 Å². The predicted octanol–water partition coefficient (Wildman–Crippen LogP) is 3.01. The molecule has 3 rings (SSSR count). The summed E-state index contributed by atoms with van der Waals surface area (Å²) in [6, 6.07) is 7.15. The fourth-order valence-corrected chi connectivity index (χ4v) is 4.33. The van der Waals surface area contributed by atoms with Crippen LogP contribution in [0.15, 0.2) is 24.3 Å². The molecule has 3 nitrogen and oxygen atoms in total. The summed E-state index contributed by atoms with van der Waals surface area (Å²) in [5.41, 5.74) is 0.598. The minimum absolute atomic E-state index is 0.109. The van der Waals surface area contributed by atoms with Crippen molar-refractivity contribution in [1.82, 2.24) is 4.90 Å². The van der Waals surface area contributed by atoms with Crippen molar-refractivity contribution in [3.63, 3.8) is 0 Å². The fourth-order valence-electron chi connectivity index (χ4n) is 4.33. The molecule has 1 aromatic rings. The number of carboxylic acids is 1. The van der Waals surface area contributed by atoms with Crippen LogP contribution < -0.4 is 0 Å². The molecule has 2 aliphatic heterocycles. The van der Waals surface area contributed by atoms with Gasteiger partial charge in [0.15, 0.2) is 0 Å². The fraction of sp³-hybridized carbons (Fsp3) is 0.562. The summed E-state index contributed by atoms with van der Waals surface area (Å²) in [4.78, 5) is 13.6. The maximum atomic E-state index is 13.5. The Kier molecular flexibility index (Phi) is 3.28. The molecule has 1 aromatic carbocycles. The van der Waals surface area contributed by atoms with E-state index in [1.54, 1.807) is 12.1 Å². The first-order valence-corrected chi connectivity index (χ1v) is 7.23. The van der Waals surface area contributed by atoms with Crippen molar-refractivity contribution in [2.45, 2.75) is 49.6 Å². The Hall–Kier alpha value is -1.42. The van der Waals surface area contributed by atoms with Gasteiger partial charge >= 0.3 is 5.97 Å². The molecule has 4 heteroatoms. The number of aliphatic carboxylic acids is 1. The number of carbonyl (C=O) groups is 1. The molecule has 3 atom stereocenters. The topological polar surface area (TPSA) is 40.5 Å². The van der Waals surface area contributed by atoms with E-state index in [4.69, 9.17) is 0 Å². The molecule has 0 radical (unpaired) electrons. The monoisotopic (exact) mass is 277 g/mol. The van der Waals surface area contributed by atoms with E-state index in [9.17, 15) is 14.3 Å². The molecule has 2 fully saturated rings. The van der Waals surface area contributed by atoms with Crippen molar-refractivity contribution in [1.29, 1.82) is 0 Å². The largest absolute Gasteiger partial charge is 0.481 e. The van der Waals surface area contributed by atoms with Gasteiger partial charge in [0.2, 0.25) is 0 Å². The Morgan fingerprint density at radius 2 is 2.25 bits per heavy atom. The van der Waals surface area contributed by atoms with Gasteiger partial charge in [-0.1, -0.05) is 12.1 Å². The second-order valence-electron chi connectivity index (χ2n) is 6.16. The maximum absolute atomic E-state index is 13.5. The molecule has 0 amide bonds. The summed E-state index contributed by atoms with van der Waals surface area (Å²) in [5.74, 6) is -0.894. The molecule has 0 saturated carbocycles. The molecule has 20 heavy (non-hydrogen) atoms. The van der Waals surface area contributed by atoms with E-state index in [0.29, 0.717) is 6.04 Å². The van der Waals surface area contributed by atoms with Gasteiger partial charge in [-0.2, -0.15) is 0 Å². The van der Waals surface area contributed by atoms with Crippen LogP contribution in [0.1, 0.15) is 43.6 Å². The lowest BCUT2D eigenvalue weighted by molar-refractivity contribution is -0.141. The number of likely N-dealkylation sites (N-methyl/N-ethyl adjacent to an activating group) is 1. The van der Waals surface area contributed by atoms with E-state index in [1.165, 1.54) is 6.07 Å². The van der Waals surface area contributed by atoms with Crippen molar-refractivity contribution in [3.05, 3.63) is 35.6 Å². The van der Waals surface area contributed by atoms with Crippen LogP contribution >= 0.6 is 0 Å². The maximum Gasteiger partial charge on any atom is 0.305 e. The van der Waals surface area contributed by atoms with Gasteiger partial charge in [-0.05, 0) is 50.4 Å². The van der Waals surface area contributed by atoms with Crippen LogP contribution in [0.4, 0.5) is 4.39 Å². The Balaban J connectivity index is 2.01. The van der Waals surface area contributed by atoms with Crippen molar-refractivity contribution in [2.75, 3.05) is 7.05 Å². The molecular weight excluding hydrogens is 257 g/mol. The number of benzene rings is 1. The zero-order valence-corrected chi connectivity index (χ0v) is 11.7. The summed E-state index contributed by atoms with van der Waals surface area (Å²) in [6.45, 7) is 0. The van der Waals surface area contributed by atoms with Gasteiger partial charge in [0.25, 0.3) is 0 Å². The van der Waals surface area contributed by atoms with Gasteiger partial charge in [0.05, 0.1) is 6.42 Å². The lowest BCUT2D eigenvalue weighted by Crippen LogP contribution is -2.53. The molecule has 108 valence electrons. The summed E-state index contributed by atoms with van der Waals surface area (Å²) < 4.78 is 13.5. The smallest absolute Gasteiger partial charge is 0.305 e. The summed E-state index contributed by atoms with van der Waals surface area (Å²) in [6.07, 6.45) is 4.10. The number of piperidine rings is 1. The van der Waals surface area contributed by atoms with Crippen LogP contribution in [0.25, 0.3) is 0 Å². The number of halogens is 1. The van der Waals surface area contributed by atoms with Crippen LogP contribution in [0.5, 0.6) is 0 Å². The van der Waals surface area contributed by atoms with E-state index in [1.807, 2.05) is 13.1 Å². The minimum Gasteiger partial charge on any atom is -0.481 e. The normalized spacial score (nSPS) is 33.3. The highest BCUT2D eigenvalue weighted by Crippen LogP contribution is 2.52. The zero-order chi connectivity index (χ0) is 14.3. The Bertz CT molecular complexity index is 533. The summed E-state index contributed by atoms with van der Waals surface area (Å²) in [5, 5.41) is 9.32. The SMILES string of the molecule is CN1[C@@H]2CCC(c3cccc(F)c3)[C@@]1(CC(=O)O)CC2. The van der Waals surface area contributed by atoms with E-state index < -0.39 is 5.97 Å². The Morgan fingerprint density at radius 3 is 2.95 bits per heavy atom. The van der Waals surface area contributed by atoms with Crippen LogP contribution in [0, 0.1) is 5.82 Å². The number of hydrogen-bond acceptors (Lipinski definition) is 2. The zero-order valence-electron chi connectivity index (χ0n) is 11.7. The van der Waals surface area contributed by atoms with Crippen molar-refractivity contribution >= 4 is 5.97 Å². The van der Waals surface area contributed by atoms with Crippen molar-refractivity contribution < 1.29 is 14.3 Å². The molecule has 0 aromatic heterocycles. The number of fused-ring (bicyclic) bond motifs is 2. The first kappa shape index (κ1) is 13.6. The third-order valence-corrected chi connectivity index (χ3v) is 5.31. The molecule has 0 spiro atoms. The van der Waals surface area contributed by atoms with E-state index in [0.717, 1.165) is 31.2 Å². The highest BCUT2D eigenvalue weighted by Gasteiger charge is 2.53. The molecule has 2 heterocycles. The van der Waals surface area contributed by atoms with Crippen LogP contribution in [-0.4, -0.2) is 34.6 Å². The third kappa shape index (κ3) is 2.03. The standard InChI is InChI=1S/C16H20FNO2/c1-18-13-5-6-14(11-3-2-4-12(17)9-11)16(18,8-7-13)10-15(19)20/h2-4,9,13-14H,5-8,10H2,1H3,(H,19,20)/t13-,14?,16+/m1/s1. The molecule has 0 aliphatic carbocycles. The molecule has 1 N–H and O–H groups in total. The lowest BCUT2D eigenvalue weighted by Gasteiger charge is -2.48. The lowest BCUT2D eigenvalue weighted by atomic mass is 9.72. The third-order valence-electron chi connectivity index (χ3n) is 5.31. The molecule has 2 aliphatic rings. The predicted molar refractivity (Wildman–Crippen MR) is 74.1 cm³/mol. The minimum atomic E-state index is -0.763. The average molecular weight is 277 g/mol. The summed E-state index contributed by atoms with van der Waals surface area (Å²) in [7, 11) is 2.03. The number of hydrogen-bond donors (Lipinski definition) is 1. The van der Waals surface area contributed by atoms with Gasteiger partial charge in [-0.25, -0.2) is 4.39 Å². The first-order chi connectivity index (χ1) is 9.53. The van der Waals surface area contributed by atoms with Crippen LogP contribution in [0.3, 0.4) is 0 Å². The first-order valence-electron chi connectivity index (χ1n) is 7.23. The average Bonchev–Trinajstić information content (AvgIpc) is 2.59. The molecular formula is C16H20FNO2.